The van der Waals surface area contributed by atoms with Gasteiger partial charge in [0.05, 0.1) is 5.52 Å². The third kappa shape index (κ3) is 4.05. The molecule has 5 heteroatoms. The van der Waals surface area contributed by atoms with Crippen LogP contribution in [-0.4, -0.2) is 47.7 Å². The van der Waals surface area contributed by atoms with Gasteiger partial charge in [0, 0.05) is 55.1 Å². The number of likely N-dealkylation sites (N-methyl/N-ethyl adjacent to an activating group) is 1. The predicted molar refractivity (Wildman–Crippen MR) is 137 cm³/mol. The summed E-state index contributed by atoms with van der Waals surface area (Å²) in [5.41, 5.74) is 6.00. The average molecular weight is 439 g/mol. The quantitative estimate of drug-likeness (QED) is 0.463. The molecule has 2 aromatic heterocycles. The maximum Gasteiger partial charge on any atom is 0.197 e. The van der Waals surface area contributed by atoms with Crippen molar-refractivity contribution in [3.05, 3.63) is 82.8 Å². The highest BCUT2D eigenvalue weighted by Gasteiger charge is 2.24. The zero-order valence-electron chi connectivity index (χ0n) is 19.7. The van der Waals surface area contributed by atoms with Crippen molar-refractivity contribution in [3.63, 3.8) is 0 Å². The van der Waals surface area contributed by atoms with Crippen LogP contribution in [-0.2, 0) is 7.05 Å². The highest BCUT2D eigenvalue weighted by atomic mass is 16.1. The van der Waals surface area contributed by atoms with E-state index in [9.17, 15) is 4.79 Å². The number of hydrogen-bond donors (Lipinski definition) is 0. The molecule has 1 unspecified atom stereocenters. The summed E-state index contributed by atoms with van der Waals surface area (Å²) in [4.78, 5) is 22.7. The Morgan fingerprint density at radius 3 is 2.36 bits per heavy atom. The minimum Gasteiger partial charge on any atom is -0.355 e. The van der Waals surface area contributed by atoms with Crippen LogP contribution >= 0.6 is 0 Å². The van der Waals surface area contributed by atoms with E-state index in [2.05, 4.69) is 61.2 Å². The van der Waals surface area contributed by atoms with Crippen molar-refractivity contribution in [1.82, 2.24) is 14.5 Å². The van der Waals surface area contributed by atoms with Crippen LogP contribution in [0.15, 0.2) is 71.8 Å². The van der Waals surface area contributed by atoms with Gasteiger partial charge in [0.2, 0.25) is 0 Å². The number of fused-ring (bicyclic) bond motifs is 1. The lowest BCUT2D eigenvalue weighted by Gasteiger charge is -2.21. The Morgan fingerprint density at radius 1 is 0.970 bits per heavy atom. The van der Waals surface area contributed by atoms with Gasteiger partial charge in [-0.2, -0.15) is 0 Å². The second-order valence-electron chi connectivity index (χ2n) is 9.34. The molecule has 5 nitrogen and oxygen atoms in total. The molecule has 3 heterocycles. The third-order valence-corrected chi connectivity index (χ3v) is 6.85. The first-order chi connectivity index (χ1) is 15.9. The lowest BCUT2D eigenvalue weighted by molar-refractivity contribution is 0.315. The number of pyridine rings is 2. The standard InChI is InChI=1S/C28H30N4O/c1-19-5-7-20(8-6-19)21-9-11-24-26(15-21)31(4)18-25(28(24)33)22-10-12-27(29-16-22)32-14-13-23(17-32)30(2)3/h5-12,15-16,18,23H,13-14,17H2,1-4H3. The fourth-order valence-corrected chi connectivity index (χ4v) is 4.72. The first kappa shape index (κ1) is 21.4. The topological polar surface area (TPSA) is 41.4 Å². The second kappa shape index (κ2) is 8.49. The summed E-state index contributed by atoms with van der Waals surface area (Å²) >= 11 is 0. The maximum absolute atomic E-state index is 13.4. The largest absolute Gasteiger partial charge is 0.355 e. The molecule has 33 heavy (non-hydrogen) atoms. The van der Waals surface area contributed by atoms with Gasteiger partial charge >= 0.3 is 0 Å². The van der Waals surface area contributed by atoms with Crippen LogP contribution in [0, 0.1) is 6.92 Å². The van der Waals surface area contributed by atoms with Gasteiger partial charge in [-0.25, -0.2) is 4.98 Å². The fourth-order valence-electron chi connectivity index (χ4n) is 4.72. The molecule has 5 rings (SSSR count). The molecule has 168 valence electrons. The van der Waals surface area contributed by atoms with Crippen LogP contribution in [0.1, 0.15) is 12.0 Å². The minimum absolute atomic E-state index is 0.0435. The summed E-state index contributed by atoms with van der Waals surface area (Å²) in [6.45, 7) is 4.08. The molecule has 2 aromatic carbocycles. The molecule has 0 radical (unpaired) electrons. The molecular formula is C28H30N4O. The van der Waals surface area contributed by atoms with Crippen LogP contribution in [0.4, 0.5) is 5.82 Å². The summed E-state index contributed by atoms with van der Waals surface area (Å²) in [7, 11) is 6.26. The monoisotopic (exact) mass is 438 g/mol. The van der Waals surface area contributed by atoms with Gasteiger partial charge in [0.25, 0.3) is 0 Å². The Hall–Kier alpha value is -3.44. The SMILES string of the molecule is Cc1ccc(-c2ccc3c(=O)c(-c4ccc(N5CCC(N(C)C)C5)nc4)cn(C)c3c2)cc1. The molecule has 0 amide bonds. The maximum atomic E-state index is 13.4. The summed E-state index contributed by atoms with van der Waals surface area (Å²) in [6.07, 6.45) is 4.91. The van der Waals surface area contributed by atoms with Crippen LogP contribution in [0.25, 0.3) is 33.2 Å². The lowest BCUT2D eigenvalue weighted by atomic mass is 10.0. The summed E-state index contributed by atoms with van der Waals surface area (Å²) in [5, 5.41) is 0.725. The van der Waals surface area contributed by atoms with E-state index in [0.717, 1.165) is 52.9 Å². The number of hydrogen-bond acceptors (Lipinski definition) is 4. The van der Waals surface area contributed by atoms with E-state index in [1.54, 1.807) is 0 Å². The van der Waals surface area contributed by atoms with Gasteiger partial charge in [-0.05, 0) is 62.8 Å². The van der Waals surface area contributed by atoms with Crippen molar-refractivity contribution in [2.45, 2.75) is 19.4 Å². The lowest BCUT2D eigenvalue weighted by Crippen LogP contribution is -2.31. The van der Waals surface area contributed by atoms with Crippen molar-refractivity contribution in [1.29, 1.82) is 0 Å². The molecule has 1 atom stereocenters. The van der Waals surface area contributed by atoms with Crippen molar-refractivity contribution in [2.75, 3.05) is 32.1 Å². The number of aryl methyl sites for hydroxylation is 2. The van der Waals surface area contributed by atoms with Crippen LogP contribution in [0.5, 0.6) is 0 Å². The van der Waals surface area contributed by atoms with E-state index in [0.29, 0.717) is 11.6 Å². The first-order valence-corrected chi connectivity index (χ1v) is 11.5. The van der Waals surface area contributed by atoms with E-state index in [4.69, 9.17) is 4.98 Å². The Kier molecular flexibility index (Phi) is 5.51. The fraction of sp³-hybridized carbons (Fsp3) is 0.286. The van der Waals surface area contributed by atoms with Crippen LogP contribution in [0.2, 0.25) is 0 Å². The predicted octanol–water partition coefficient (Wildman–Crippen LogP) is 4.72. The number of anilines is 1. The summed E-state index contributed by atoms with van der Waals surface area (Å²) in [6, 6.07) is 19.2. The Bertz CT molecular complexity index is 1350. The molecule has 0 N–H and O–H groups in total. The van der Waals surface area contributed by atoms with E-state index in [1.165, 1.54) is 5.56 Å². The number of nitrogens with zero attached hydrogens (tertiary/aromatic N) is 4. The molecule has 0 saturated carbocycles. The van der Waals surface area contributed by atoms with Crippen molar-refractivity contribution >= 4 is 16.7 Å². The van der Waals surface area contributed by atoms with E-state index in [-0.39, 0.29) is 5.43 Å². The molecule has 0 bridgehead atoms. The molecule has 1 fully saturated rings. The number of aromatic nitrogens is 2. The molecule has 4 aromatic rings. The van der Waals surface area contributed by atoms with Gasteiger partial charge in [-0.15, -0.1) is 0 Å². The van der Waals surface area contributed by atoms with E-state index >= 15 is 0 Å². The van der Waals surface area contributed by atoms with Gasteiger partial charge in [-0.1, -0.05) is 35.9 Å². The Labute approximate surface area is 194 Å². The van der Waals surface area contributed by atoms with Gasteiger partial charge < -0.3 is 14.4 Å². The Morgan fingerprint density at radius 2 is 1.70 bits per heavy atom. The van der Waals surface area contributed by atoms with Crippen molar-refractivity contribution in [3.8, 4) is 22.3 Å². The number of benzene rings is 2. The smallest absolute Gasteiger partial charge is 0.197 e. The molecular weight excluding hydrogens is 408 g/mol. The van der Waals surface area contributed by atoms with E-state index in [1.807, 2.05) is 48.3 Å². The van der Waals surface area contributed by atoms with Gasteiger partial charge in [0.1, 0.15) is 5.82 Å². The molecule has 1 aliphatic heterocycles. The zero-order valence-corrected chi connectivity index (χ0v) is 19.7. The van der Waals surface area contributed by atoms with Gasteiger partial charge in [-0.3, -0.25) is 4.79 Å². The summed E-state index contributed by atoms with van der Waals surface area (Å²) < 4.78 is 2.04. The van der Waals surface area contributed by atoms with Gasteiger partial charge in [0.15, 0.2) is 5.43 Å². The van der Waals surface area contributed by atoms with E-state index < -0.39 is 0 Å². The summed E-state index contributed by atoms with van der Waals surface area (Å²) in [5.74, 6) is 0.975. The Balaban J connectivity index is 1.47. The molecule has 1 aliphatic rings. The second-order valence-corrected chi connectivity index (χ2v) is 9.34. The van der Waals surface area contributed by atoms with Crippen LogP contribution < -0.4 is 10.3 Å². The molecule has 0 aliphatic carbocycles. The third-order valence-electron chi connectivity index (χ3n) is 6.85. The van der Waals surface area contributed by atoms with Crippen molar-refractivity contribution < 1.29 is 0 Å². The van der Waals surface area contributed by atoms with Crippen LogP contribution in [0.3, 0.4) is 0 Å². The molecule has 0 spiro atoms. The number of rotatable bonds is 4. The minimum atomic E-state index is 0.0435. The average Bonchev–Trinajstić information content (AvgIpc) is 3.33. The molecule has 1 saturated heterocycles. The normalized spacial score (nSPS) is 16.2. The zero-order chi connectivity index (χ0) is 23.1. The highest BCUT2D eigenvalue weighted by molar-refractivity contribution is 5.88. The highest BCUT2D eigenvalue weighted by Crippen LogP contribution is 2.27. The first-order valence-electron chi connectivity index (χ1n) is 11.5. The van der Waals surface area contributed by atoms with Crippen molar-refractivity contribution in [2.24, 2.45) is 7.05 Å².